The molecule has 0 bridgehead atoms. The molecule has 2 heterocycles. The lowest BCUT2D eigenvalue weighted by Crippen LogP contribution is -2.41. The van der Waals surface area contributed by atoms with Crippen LogP contribution >= 0.6 is 0 Å². The van der Waals surface area contributed by atoms with E-state index in [4.69, 9.17) is 9.31 Å². The third-order valence-corrected chi connectivity index (χ3v) is 4.16. The second-order valence-electron chi connectivity index (χ2n) is 6.09. The fraction of sp³-hybridized carbons (Fsp3) is 0.429. The molecule has 1 aliphatic heterocycles. The van der Waals surface area contributed by atoms with E-state index in [2.05, 4.69) is 4.98 Å². The minimum atomic E-state index is -0.369. The average molecular weight is 259 g/mol. The first-order chi connectivity index (χ1) is 8.78. The molecular weight excluding hydrogens is 241 g/mol. The molecule has 0 radical (unpaired) electrons. The molecule has 0 aliphatic carbocycles. The van der Waals surface area contributed by atoms with E-state index in [-0.39, 0.29) is 24.2 Å². The van der Waals surface area contributed by atoms with Crippen molar-refractivity contribution in [1.29, 1.82) is 0 Å². The molecule has 0 saturated carbocycles. The molecule has 19 heavy (non-hydrogen) atoms. The molecule has 0 atom stereocenters. The number of fused-ring (bicyclic) bond motifs is 1. The Kier molecular flexibility index (Phi) is 2.50. The molecule has 2 aromatic rings. The van der Waals surface area contributed by atoms with E-state index in [0.717, 1.165) is 16.4 Å². The maximum atomic E-state index is 9.46. The molecule has 5 heteroatoms. The molecule has 1 aromatic carbocycles. The summed E-state index contributed by atoms with van der Waals surface area (Å²) < 4.78 is 12.0. The van der Waals surface area contributed by atoms with Gasteiger partial charge >= 0.3 is 7.12 Å². The van der Waals surface area contributed by atoms with Crippen LogP contribution in [0.1, 0.15) is 27.7 Å². The Balaban J connectivity index is 1.97. The molecule has 1 saturated heterocycles. The Morgan fingerprint density at radius 3 is 2.32 bits per heavy atom. The minimum absolute atomic E-state index is 0.168. The Bertz CT molecular complexity index is 617. The summed E-state index contributed by atoms with van der Waals surface area (Å²) >= 11 is 0. The quantitative estimate of drug-likeness (QED) is 0.772. The normalized spacial score (nSPS) is 21.2. The monoisotopic (exact) mass is 259 g/mol. The molecule has 0 unspecified atom stereocenters. The number of nitrogens with one attached hydrogen (secondary N) is 1. The lowest BCUT2D eigenvalue weighted by atomic mass is 9.79. The van der Waals surface area contributed by atoms with Crippen LogP contribution < -0.4 is 5.46 Å². The number of benzene rings is 1. The van der Waals surface area contributed by atoms with Crippen LogP contribution in [0, 0.1) is 0 Å². The lowest BCUT2D eigenvalue weighted by molar-refractivity contribution is 0.00578. The Morgan fingerprint density at radius 2 is 1.68 bits per heavy atom. The van der Waals surface area contributed by atoms with Crippen molar-refractivity contribution in [3.8, 4) is 5.88 Å². The van der Waals surface area contributed by atoms with Gasteiger partial charge in [-0.25, -0.2) is 0 Å². The smallest absolute Gasteiger partial charge is 0.494 e. The van der Waals surface area contributed by atoms with Crippen LogP contribution in [0.25, 0.3) is 10.9 Å². The highest BCUT2D eigenvalue weighted by Gasteiger charge is 2.51. The summed E-state index contributed by atoms with van der Waals surface area (Å²) in [7, 11) is -0.369. The van der Waals surface area contributed by atoms with Crippen molar-refractivity contribution < 1.29 is 14.4 Å². The summed E-state index contributed by atoms with van der Waals surface area (Å²) in [5, 5.41) is 10.4. The third-order valence-electron chi connectivity index (χ3n) is 4.16. The van der Waals surface area contributed by atoms with E-state index in [9.17, 15) is 5.11 Å². The molecule has 1 aromatic heterocycles. The van der Waals surface area contributed by atoms with E-state index < -0.39 is 0 Å². The molecule has 100 valence electrons. The molecule has 1 aliphatic rings. The maximum Gasteiger partial charge on any atom is 0.494 e. The Hall–Kier alpha value is -1.46. The van der Waals surface area contributed by atoms with Crippen molar-refractivity contribution in [2.24, 2.45) is 0 Å². The van der Waals surface area contributed by atoms with E-state index in [0.29, 0.717) is 0 Å². The minimum Gasteiger partial charge on any atom is -0.495 e. The molecule has 1 fully saturated rings. The highest BCUT2D eigenvalue weighted by molar-refractivity contribution is 6.62. The number of rotatable bonds is 1. The SMILES string of the molecule is CC1(C)OB(c2ccc3[nH]c(O)cc3c2)OC1(C)C. The van der Waals surface area contributed by atoms with Gasteiger partial charge in [-0.15, -0.1) is 0 Å². The lowest BCUT2D eigenvalue weighted by Gasteiger charge is -2.32. The number of aromatic amines is 1. The van der Waals surface area contributed by atoms with Crippen LogP contribution in [0.2, 0.25) is 0 Å². The first-order valence-electron chi connectivity index (χ1n) is 6.46. The summed E-state index contributed by atoms with van der Waals surface area (Å²) in [6.45, 7) is 8.14. The zero-order valence-corrected chi connectivity index (χ0v) is 11.7. The predicted octanol–water partition coefficient (Wildman–Crippen LogP) is 2.17. The van der Waals surface area contributed by atoms with Crippen molar-refractivity contribution in [2.45, 2.75) is 38.9 Å². The van der Waals surface area contributed by atoms with Crippen molar-refractivity contribution in [1.82, 2.24) is 4.98 Å². The third kappa shape index (κ3) is 1.93. The van der Waals surface area contributed by atoms with Crippen LogP contribution in [-0.2, 0) is 9.31 Å². The zero-order valence-electron chi connectivity index (χ0n) is 11.7. The molecular formula is C14H18BNO3. The van der Waals surface area contributed by atoms with Crippen LogP contribution in [0.4, 0.5) is 0 Å². The first-order valence-corrected chi connectivity index (χ1v) is 6.46. The van der Waals surface area contributed by atoms with Gasteiger partial charge in [0.1, 0.15) is 0 Å². The topological polar surface area (TPSA) is 54.5 Å². The van der Waals surface area contributed by atoms with Crippen LogP contribution in [0.3, 0.4) is 0 Å². The van der Waals surface area contributed by atoms with Gasteiger partial charge in [-0.3, -0.25) is 0 Å². The van der Waals surface area contributed by atoms with Gasteiger partial charge in [0, 0.05) is 17.0 Å². The van der Waals surface area contributed by atoms with Crippen molar-refractivity contribution in [3.05, 3.63) is 24.3 Å². The average Bonchev–Trinajstić information content (AvgIpc) is 2.74. The van der Waals surface area contributed by atoms with Gasteiger partial charge in [0.25, 0.3) is 0 Å². The number of aromatic nitrogens is 1. The molecule has 4 nitrogen and oxygen atoms in total. The van der Waals surface area contributed by atoms with Gasteiger partial charge in [-0.2, -0.15) is 0 Å². The number of H-pyrrole nitrogens is 1. The van der Waals surface area contributed by atoms with Gasteiger partial charge in [-0.05, 0) is 39.2 Å². The number of aromatic hydroxyl groups is 1. The summed E-state index contributed by atoms with van der Waals surface area (Å²) in [5.41, 5.74) is 1.18. The standard InChI is InChI=1S/C14H18BNO3/c1-13(2)14(3,4)19-15(18-13)10-5-6-11-9(7-10)8-12(17)16-11/h5-8,16-17H,1-4H3. The second-order valence-corrected chi connectivity index (χ2v) is 6.09. The van der Waals surface area contributed by atoms with E-state index in [1.54, 1.807) is 6.07 Å². The second kappa shape index (κ2) is 3.77. The molecule has 0 spiro atoms. The zero-order chi connectivity index (χ0) is 13.8. The summed E-state index contributed by atoms with van der Waals surface area (Å²) in [5.74, 6) is 0.168. The van der Waals surface area contributed by atoms with Crippen LogP contribution in [-0.4, -0.2) is 28.4 Å². The Morgan fingerprint density at radius 1 is 1.05 bits per heavy atom. The predicted molar refractivity (Wildman–Crippen MR) is 75.7 cm³/mol. The largest absolute Gasteiger partial charge is 0.495 e. The van der Waals surface area contributed by atoms with Crippen LogP contribution in [0.5, 0.6) is 5.88 Å². The summed E-state index contributed by atoms with van der Waals surface area (Å²) in [6, 6.07) is 7.56. The van der Waals surface area contributed by atoms with Crippen molar-refractivity contribution >= 4 is 23.5 Å². The van der Waals surface area contributed by atoms with Gasteiger partial charge in [-0.1, -0.05) is 12.1 Å². The van der Waals surface area contributed by atoms with Crippen LogP contribution in [0.15, 0.2) is 24.3 Å². The molecule has 3 rings (SSSR count). The van der Waals surface area contributed by atoms with Crippen molar-refractivity contribution in [2.75, 3.05) is 0 Å². The van der Waals surface area contributed by atoms with Crippen molar-refractivity contribution in [3.63, 3.8) is 0 Å². The van der Waals surface area contributed by atoms with Gasteiger partial charge in [0.05, 0.1) is 11.2 Å². The van der Waals surface area contributed by atoms with E-state index >= 15 is 0 Å². The Labute approximate surface area is 112 Å². The fourth-order valence-corrected chi connectivity index (χ4v) is 2.26. The fourth-order valence-electron chi connectivity index (χ4n) is 2.26. The first kappa shape index (κ1) is 12.6. The molecule has 2 N–H and O–H groups in total. The van der Waals surface area contributed by atoms with E-state index in [1.807, 2.05) is 45.9 Å². The highest BCUT2D eigenvalue weighted by atomic mass is 16.7. The molecule has 0 amide bonds. The highest BCUT2D eigenvalue weighted by Crippen LogP contribution is 2.36. The van der Waals surface area contributed by atoms with Gasteiger partial charge in [0.2, 0.25) is 0 Å². The van der Waals surface area contributed by atoms with E-state index in [1.165, 1.54) is 0 Å². The number of hydrogen-bond acceptors (Lipinski definition) is 3. The maximum absolute atomic E-state index is 9.46. The van der Waals surface area contributed by atoms with Gasteiger partial charge in [0.15, 0.2) is 5.88 Å². The number of hydrogen-bond donors (Lipinski definition) is 2. The summed E-state index contributed by atoms with van der Waals surface area (Å²) in [4.78, 5) is 2.88. The van der Waals surface area contributed by atoms with Gasteiger partial charge < -0.3 is 19.4 Å². The summed E-state index contributed by atoms with van der Waals surface area (Å²) in [6.07, 6.45) is 0.